The molecule has 8 heteroatoms. The summed E-state index contributed by atoms with van der Waals surface area (Å²) in [4.78, 5) is 37.9. The van der Waals surface area contributed by atoms with E-state index < -0.39 is 17.3 Å². The van der Waals surface area contributed by atoms with Crippen LogP contribution in [0.25, 0.3) is 6.08 Å². The standard InChI is InChI=1S/C16H17N5O3/c1-11(22)10-19-14(23)21(18-17-19)15(24)20-13-7-5-4-6-12(13)8-9-16(20,2)3/h4-9H,10H2,1-3H3. The zero-order chi connectivity index (χ0) is 17.5. The molecule has 0 N–H and O–H groups in total. The summed E-state index contributed by atoms with van der Waals surface area (Å²) in [7, 11) is 0. The number of amides is 1. The average Bonchev–Trinajstić information content (AvgIpc) is 2.86. The summed E-state index contributed by atoms with van der Waals surface area (Å²) in [5, 5.41) is 7.24. The minimum atomic E-state index is -0.738. The Morgan fingerprint density at radius 1 is 1.17 bits per heavy atom. The van der Waals surface area contributed by atoms with Gasteiger partial charge in [-0.15, -0.1) is 4.68 Å². The lowest BCUT2D eigenvalue weighted by Crippen LogP contribution is -2.52. The first-order chi connectivity index (χ1) is 11.3. The van der Waals surface area contributed by atoms with Gasteiger partial charge in [0.15, 0.2) is 5.78 Å². The molecule has 8 nitrogen and oxygen atoms in total. The van der Waals surface area contributed by atoms with Crippen LogP contribution in [0.2, 0.25) is 0 Å². The van der Waals surface area contributed by atoms with Crippen LogP contribution in [0.1, 0.15) is 26.3 Å². The fourth-order valence-corrected chi connectivity index (χ4v) is 2.66. The van der Waals surface area contributed by atoms with E-state index in [9.17, 15) is 14.4 Å². The zero-order valence-electron chi connectivity index (χ0n) is 13.6. The lowest BCUT2D eigenvalue weighted by atomic mass is 9.94. The Morgan fingerprint density at radius 2 is 1.88 bits per heavy atom. The van der Waals surface area contributed by atoms with Gasteiger partial charge >= 0.3 is 11.7 Å². The number of aromatic nitrogens is 4. The van der Waals surface area contributed by atoms with Crippen LogP contribution >= 0.6 is 0 Å². The predicted molar refractivity (Wildman–Crippen MR) is 87.8 cm³/mol. The number of para-hydroxylation sites is 1. The second kappa shape index (κ2) is 5.55. The Labute approximate surface area is 138 Å². The van der Waals surface area contributed by atoms with Crippen LogP contribution in [-0.2, 0) is 11.3 Å². The van der Waals surface area contributed by atoms with Crippen molar-refractivity contribution in [1.29, 1.82) is 0 Å². The Bertz CT molecular complexity index is 906. The Kier molecular flexibility index (Phi) is 3.67. The van der Waals surface area contributed by atoms with Crippen LogP contribution in [0.5, 0.6) is 0 Å². The molecular weight excluding hydrogens is 310 g/mol. The molecule has 0 fully saturated rings. The summed E-state index contributed by atoms with van der Waals surface area (Å²) in [6, 6.07) is 6.78. The van der Waals surface area contributed by atoms with Gasteiger partial charge in [0.05, 0.1) is 11.2 Å². The molecule has 3 rings (SSSR count). The van der Waals surface area contributed by atoms with Crippen LogP contribution in [0.4, 0.5) is 10.5 Å². The Morgan fingerprint density at radius 3 is 2.58 bits per heavy atom. The quantitative estimate of drug-likeness (QED) is 0.776. The predicted octanol–water partition coefficient (Wildman–Crippen LogP) is 1.31. The minimum absolute atomic E-state index is 0.216. The summed E-state index contributed by atoms with van der Waals surface area (Å²) < 4.78 is 1.56. The molecule has 0 saturated heterocycles. The van der Waals surface area contributed by atoms with E-state index in [0.29, 0.717) is 10.4 Å². The van der Waals surface area contributed by atoms with Gasteiger partial charge in [0.25, 0.3) is 0 Å². The van der Waals surface area contributed by atoms with Gasteiger partial charge in [0.1, 0.15) is 6.54 Å². The maximum absolute atomic E-state index is 13.0. The third kappa shape index (κ3) is 2.55. The number of anilines is 1. The van der Waals surface area contributed by atoms with Crippen molar-refractivity contribution in [3.05, 3.63) is 46.4 Å². The monoisotopic (exact) mass is 327 g/mol. The number of nitrogens with zero attached hydrogens (tertiary/aromatic N) is 5. The van der Waals surface area contributed by atoms with E-state index in [2.05, 4.69) is 10.4 Å². The average molecular weight is 327 g/mol. The topological polar surface area (TPSA) is 90.1 Å². The fourth-order valence-electron chi connectivity index (χ4n) is 2.66. The minimum Gasteiger partial charge on any atom is -0.298 e. The number of carbonyl (C=O) groups excluding carboxylic acids is 2. The number of rotatable bonds is 2. The molecule has 0 bridgehead atoms. The first-order valence-electron chi connectivity index (χ1n) is 7.46. The van der Waals surface area contributed by atoms with E-state index in [1.165, 1.54) is 11.8 Å². The molecule has 124 valence electrons. The summed E-state index contributed by atoms with van der Waals surface area (Å²) in [6.45, 7) is 4.85. The second-order valence-electron chi connectivity index (χ2n) is 6.20. The highest BCUT2D eigenvalue weighted by molar-refractivity contribution is 5.98. The normalized spacial score (nSPS) is 15.2. The first kappa shape index (κ1) is 15.9. The van der Waals surface area contributed by atoms with Gasteiger partial charge in [-0.2, -0.15) is 4.68 Å². The number of Topliss-reactive ketones (excluding diaryl/α,β-unsaturated/α-hetero) is 1. The van der Waals surface area contributed by atoms with Gasteiger partial charge in [-0.1, -0.05) is 30.4 Å². The third-order valence-corrected chi connectivity index (χ3v) is 3.81. The van der Waals surface area contributed by atoms with Crippen molar-refractivity contribution in [3.8, 4) is 0 Å². The maximum Gasteiger partial charge on any atom is 0.372 e. The van der Waals surface area contributed by atoms with Crippen molar-refractivity contribution < 1.29 is 9.59 Å². The molecule has 2 heterocycles. The lowest BCUT2D eigenvalue weighted by molar-refractivity contribution is -0.117. The molecule has 0 aliphatic carbocycles. The molecule has 1 aromatic heterocycles. The van der Waals surface area contributed by atoms with E-state index in [-0.39, 0.29) is 12.3 Å². The highest BCUT2D eigenvalue weighted by Crippen LogP contribution is 2.34. The Hall–Kier alpha value is -3.03. The van der Waals surface area contributed by atoms with Gasteiger partial charge in [-0.25, -0.2) is 9.59 Å². The van der Waals surface area contributed by atoms with Crippen LogP contribution < -0.4 is 10.6 Å². The van der Waals surface area contributed by atoms with Crippen molar-refractivity contribution in [1.82, 2.24) is 19.8 Å². The number of hydrogen-bond acceptors (Lipinski definition) is 5. The van der Waals surface area contributed by atoms with E-state index in [1.807, 2.05) is 50.3 Å². The first-order valence-corrected chi connectivity index (χ1v) is 7.46. The number of hydrogen-bond donors (Lipinski definition) is 0. The third-order valence-electron chi connectivity index (χ3n) is 3.81. The summed E-state index contributed by atoms with van der Waals surface area (Å²) in [6.07, 6.45) is 3.83. The lowest BCUT2D eigenvalue weighted by Gasteiger charge is -2.39. The fraction of sp³-hybridized carbons (Fsp3) is 0.312. The number of ketones is 1. The molecule has 0 radical (unpaired) electrons. The molecule has 0 spiro atoms. The van der Waals surface area contributed by atoms with Gasteiger partial charge < -0.3 is 0 Å². The number of carbonyl (C=O) groups is 2. The van der Waals surface area contributed by atoms with Crippen molar-refractivity contribution in [3.63, 3.8) is 0 Å². The second-order valence-corrected chi connectivity index (χ2v) is 6.20. The molecule has 24 heavy (non-hydrogen) atoms. The van der Waals surface area contributed by atoms with Crippen LogP contribution in [0.3, 0.4) is 0 Å². The number of tetrazole rings is 1. The van der Waals surface area contributed by atoms with Gasteiger partial charge in [0, 0.05) is 0 Å². The molecule has 2 aromatic rings. The highest BCUT2D eigenvalue weighted by atomic mass is 16.2. The number of fused-ring (bicyclic) bond motifs is 1. The van der Waals surface area contributed by atoms with E-state index >= 15 is 0 Å². The SMILES string of the molecule is CC(=O)Cn1nnn(C(=O)N2c3ccccc3C=CC2(C)C)c1=O. The molecular formula is C16H17N5O3. The molecule has 1 aliphatic rings. The molecule has 0 unspecified atom stereocenters. The molecule has 1 aliphatic heterocycles. The highest BCUT2D eigenvalue weighted by Gasteiger charge is 2.36. The summed E-state index contributed by atoms with van der Waals surface area (Å²) in [5.41, 5.74) is 0.172. The molecule has 1 amide bonds. The van der Waals surface area contributed by atoms with E-state index in [0.717, 1.165) is 10.2 Å². The van der Waals surface area contributed by atoms with Gasteiger partial charge in [0.2, 0.25) is 0 Å². The smallest absolute Gasteiger partial charge is 0.298 e. The Balaban J connectivity index is 2.06. The van der Waals surface area contributed by atoms with E-state index in [1.54, 1.807) is 0 Å². The molecule has 0 atom stereocenters. The molecule has 1 aromatic carbocycles. The van der Waals surface area contributed by atoms with Gasteiger partial charge in [-0.3, -0.25) is 9.69 Å². The van der Waals surface area contributed by atoms with Crippen molar-refractivity contribution in [2.75, 3.05) is 4.90 Å². The van der Waals surface area contributed by atoms with Crippen LogP contribution in [0.15, 0.2) is 35.1 Å². The van der Waals surface area contributed by atoms with Crippen LogP contribution in [-0.4, -0.2) is 37.1 Å². The van der Waals surface area contributed by atoms with Crippen molar-refractivity contribution >= 4 is 23.6 Å². The summed E-state index contributed by atoms with van der Waals surface area (Å²) in [5.74, 6) is -0.247. The molecule has 0 saturated carbocycles. The number of benzene rings is 1. The maximum atomic E-state index is 13.0. The van der Waals surface area contributed by atoms with Crippen LogP contribution in [0, 0.1) is 0 Å². The van der Waals surface area contributed by atoms with Gasteiger partial charge in [-0.05, 0) is 42.8 Å². The van der Waals surface area contributed by atoms with Crippen molar-refractivity contribution in [2.24, 2.45) is 0 Å². The summed E-state index contributed by atoms with van der Waals surface area (Å²) >= 11 is 0. The van der Waals surface area contributed by atoms with E-state index in [4.69, 9.17) is 0 Å². The van der Waals surface area contributed by atoms with Crippen molar-refractivity contribution in [2.45, 2.75) is 32.9 Å². The zero-order valence-corrected chi connectivity index (χ0v) is 13.6. The largest absolute Gasteiger partial charge is 0.372 e.